The number of ether oxygens (including phenoxy) is 1. The molecule has 0 aromatic carbocycles. The van der Waals surface area contributed by atoms with E-state index in [1.54, 1.807) is 6.07 Å². The van der Waals surface area contributed by atoms with E-state index in [2.05, 4.69) is 4.98 Å². The smallest absolute Gasteiger partial charge is 0.433 e. The Kier molecular flexibility index (Phi) is 2.46. The molecule has 1 fully saturated rings. The normalized spacial score (nSPS) is 15.6. The molecule has 0 saturated heterocycles. The van der Waals surface area contributed by atoms with Crippen LogP contribution >= 0.6 is 0 Å². The van der Waals surface area contributed by atoms with Gasteiger partial charge in [0, 0.05) is 0 Å². The Hall–Kier alpha value is -1.77. The first-order chi connectivity index (χ1) is 7.50. The predicted octanol–water partition coefficient (Wildman–Crippen LogP) is 2.51. The summed E-state index contributed by atoms with van der Waals surface area (Å²) in [6.45, 7) is 0. The molecule has 1 aromatic heterocycles. The Bertz CT molecular complexity index is 446. The summed E-state index contributed by atoms with van der Waals surface area (Å²) in [4.78, 5) is 3.24. The molecule has 0 radical (unpaired) electrons. The van der Waals surface area contributed by atoms with E-state index in [1.165, 1.54) is 0 Å². The number of alkyl halides is 3. The second-order valence-corrected chi connectivity index (χ2v) is 3.49. The van der Waals surface area contributed by atoms with E-state index in [9.17, 15) is 13.2 Å². The number of aromatic nitrogens is 1. The van der Waals surface area contributed by atoms with Crippen LogP contribution in [0.4, 0.5) is 13.2 Å². The zero-order chi connectivity index (χ0) is 11.8. The zero-order valence-corrected chi connectivity index (χ0v) is 8.08. The average Bonchev–Trinajstić information content (AvgIpc) is 3.00. The molecule has 3 nitrogen and oxygen atoms in total. The van der Waals surface area contributed by atoms with Gasteiger partial charge in [0.1, 0.15) is 11.8 Å². The van der Waals surface area contributed by atoms with Crippen molar-refractivity contribution in [3.05, 3.63) is 23.5 Å². The predicted molar refractivity (Wildman–Crippen MR) is 47.6 cm³/mol. The van der Waals surface area contributed by atoms with Crippen LogP contribution in [0.3, 0.4) is 0 Å². The van der Waals surface area contributed by atoms with Gasteiger partial charge in [-0.25, -0.2) is 4.98 Å². The van der Waals surface area contributed by atoms with Gasteiger partial charge in [-0.15, -0.1) is 0 Å². The molecule has 0 amide bonds. The molecule has 1 aliphatic carbocycles. The first-order valence-corrected chi connectivity index (χ1v) is 4.64. The Morgan fingerprint density at radius 3 is 2.62 bits per heavy atom. The molecule has 84 valence electrons. The summed E-state index contributed by atoms with van der Waals surface area (Å²) in [6.07, 6.45) is -1.83. The molecule has 0 aliphatic heterocycles. The van der Waals surface area contributed by atoms with Crippen molar-refractivity contribution in [2.45, 2.75) is 25.1 Å². The molecule has 0 bridgehead atoms. The minimum Gasteiger partial charge on any atom is -0.487 e. The lowest BCUT2D eigenvalue weighted by molar-refractivity contribution is -0.141. The van der Waals surface area contributed by atoms with Gasteiger partial charge in [0.15, 0.2) is 5.75 Å². The van der Waals surface area contributed by atoms with Crippen molar-refractivity contribution in [3.63, 3.8) is 0 Å². The molecule has 16 heavy (non-hydrogen) atoms. The summed E-state index contributed by atoms with van der Waals surface area (Å²) in [7, 11) is 0. The van der Waals surface area contributed by atoms with Crippen molar-refractivity contribution in [3.8, 4) is 11.8 Å². The van der Waals surface area contributed by atoms with Crippen molar-refractivity contribution < 1.29 is 17.9 Å². The van der Waals surface area contributed by atoms with E-state index >= 15 is 0 Å². The summed E-state index contributed by atoms with van der Waals surface area (Å²) in [5, 5.41) is 8.72. The molecule has 6 heteroatoms. The fourth-order valence-corrected chi connectivity index (χ4v) is 1.14. The third-order valence-corrected chi connectivity index (χ3v) is 2.10. The minimum atomic E-state index is -4.54. The Labute approximate surface area is 89.5 Å². The van der Waals surface area contributed by atoms with Crippen LogP contribution in [0.25, 0.3) is 0 Å². The van der Waals surface area contributed by atoms with Crippen molar-refractivity contribution in [1.82, 2.24) is 4.98 Å². The number of halogens is 3. The molecule has 0 atom stereocenters. The van der Waals surface area contributed by atoms with Gasteiger partial charge >= 0.3 is 6.18 Å². The second kappa shape index (κ2) is 3.67. The number of nitrogens with zero attached hydrogens (tertiary/aromatic N) is 2. The quantitative estimate of drug-likeness (QED) is 0.781. The van der Waals surface area contributed by atoms with Gasteiger partial charge in [-0.2, -0.15) is 18.4 Å². The van der Waals surface area contributed by atoms with Crippen LogP contribution in [0.2, 0.25) is 0 Å². The molecule has 0 N–H and O–H groups in total. The van der Waals surface area contributed by atoms with Crippen molar-refractivity contribution in [1.29, 1.82) is 5.26 Å². The van der Waals surface area contributed by atoms with Gasteiger partial charge in [-0.3, -0.25) is 0 Å². The maximum atomic E-state index is 12.3. The lowest BCUT2D eigenvalue weighted by Gasteiger charge is -2.09. The molecule has 0 unspecified atom stereocenters. The Morgan fingerprint density at radius 2 is 2.12 bits per heavy atom. The summed E-state index contributed by atoms with van der Waals surface area (Å²) in [6, 6.07) is 2.38. The van der Waals surface area contributed by atoms with Gasteiger partial charge < -0.3 is 4.74 Å². The fraction of sp³-hybridized carbons (Fsp3) is 0.400. The van der Waals surface area contributed by atoms with Gasteiger partial charge in [-0.1, -0.05) is 0 Å². The molecule has 2 rings (SSSR count). The van der Waals surface area contributed by atoms with Crippen LogP contribution < -0.4 is 4.74 Å². The zero-order valence-electron chi connectivity index (χ0n) is 8.08. The second-order valence-electron chi connectivity index (χ2n) is 3.49. The first kappa shape index (κ1) is 10.7. The molecule has 1 aromatic rings. The standard InChI is InChI=1S/C10H7F3N2O/c11-10(12,13)9-3-6(4-14)8(5-15-9)16-7-1-2-7/h3,5,7H,1-2H2. The maximum absolute atomic E-state index is 12.3. The van der Waals surface area contributed by atoms with Gasteiger partial charge in [0.25, 0.3) is 0 Å². The van der Waals surface area contributed by atoms with E-state index in [1.807, 2.05) is 0 Å². The Balaban J connectivity index is 2.31. The van der Waals surface area contributed by atoms with Crippen molar-refractivity contribution in [2.75, 3.05) is 0 Å². The van der Waals surface area contributed by atoms with E-state index in [0.717, 1.165) is 19.0 Å². The van der Waals surface area contributed by atoms with Crippen LogP contribution in [-0.2, 0) is 6.18 Å². The first-order valence-electron chi connectivity index (χ1n) is 4.64. The van der Waals surface area contributed by atoms with E-state index in [4.69, 9.17) is 10.00 Å². The highest BCUT2D eigenvalue weighted by Gasteiger charge is 2.34. The highest BCUT2D eigenvalue weighted by Crippen LogP contribution is 2.32. The number of pyridine rings is 1. The van der Waals surface area contributed by atoms with Gasteiger partial charge in [0.05, 0.1) is 17.9 Å². The number of hydrogen-bond donors (Lipinski definition) is 0. The summed E-state index contributed by atoms with van der Waals surface area (Å²) < 4.78 is 42.2. The third kappa shape index (κ3) is 2.24. The topological polar surface area (TPSA) is 45.9 Å². The van der Waals surface area contributed by atoms with Crippen molar-refractivity contribution >= 4 is 0 Å². The highest BCUT2D eigenvalue weighted by atomic mass is 19.4. The maximum Gasteiger partial charge on any atom is 0.433 e. The molecular weight excluding hydrogens is 221 g/mol. The number of hydrogen-bond acceptors (Lipinski definition) is 3. The van der Waals surface area contributed by atoms with Crippen molar-refractivity contribution in [2.24, 2.45) is 0 Å². The molecule has 1 heterocycles. The monoisotopic (exact) mass is 228 g/mol. The summed E-state index contributed by atoms with van der Waals surface area (Å²) >= 11 is 0. The molecular formula is C10H7F3N2O. The largest absolute Gasteiger partial charge is 0.487 e. The molecule has 1 saturated carbocycles. The SMILES string of the molecule is N#Cc1cc(C(F)(F)F)ncc1OC1CC1. The summed E-state index contributed by atoms with van der Waals surface area (Å²) in [5.74, 6) is 0.123. The van der Waals surface area contributed by atoms with Gasteiger partial charge in [0.2, 0.25) is 0 Å². The van der Waals surface area contributed by atoms with E-state index in [-0.39, 0.29) is 17.4 Å². The average molecular weight is 228 g/mol. The highest BCUT2D eigenvalue weighted by molar-refractivity contribution is 5.43. The fourth-order valence-electron chi connectivity index (χ4n) is 1.14. The number of rotatable bonds is 2. The minimum absolute atomic E-state index is 0.0191. The van der Waals surface area contributed by atoms with Crippen LogP contribution in [0.5, 0.6) is 5.75 Å². The van der Waals surface area contributed by atoms with Crippen LogP contribution in [0, 0.1) is 11.3 Å². The summed E-state index contributed by atoms with van der Waals surface area (Å²) in [5.41, 5.74) is -1.21. The number of nitriles is 1. The van der Waals surface area contributed by atoms with E-state index < -0.39 is 11.9 Å². The van der Waals surface area contributed by atoms with Gasteiger partial charge in [-0.05, 0) is 18.9 Å². The third-order valence-electron chi connectivity index (χ3n) is 2.10. The molecule has 1 aliphatic rings. The van der Waals surface area contributed by atoms with Crippen LogP contribution in [0.1, 0.15) is 24.1 Å². The van der Waals surface area contributed by atoms with Crippen LogP contribution in [0.15, 0.2) is 12.3 Å². The lowest BCUT2D eigenvalue weighted by atomic mass is 10.2. The molecule has 0 spiro atoms. The Morgan fingerprint density at radius 1 is 1.44 bits per heavy atom. The van der Waals surface area contributed by atoms with E-state index in [0.29, 0.717) is 6.07 Å². The van der Waals surface area contributed by atoms with Crippen LogP contribution in [-0.4, -0.2) is 11.1 Å². The lowest BCUT2D eigenvalue weighted by Crippen LogP contribution is -2.09.